The molecule has 8 heteroatoms. The zero-order valence-electron chi connectivity index (χ0n) is 7.65. The molecular formula is C6H13N3O3S2. The van der Waals surface area contributed by atoms with Gasteiger partial charge in [-0.15, -0.1) is 0 Å². The van der Waals surface area contributed by atoms with Crippen LogP contribution in [0.5, 0.6) is 0 Å². The molecule has 82 valence electrons. The van der Waals surface area contributed by atoms with Gasteiger partial charge >= 0.3 is 0 Å². The van der Waals surface area contributed by atoms with Crippen LogP contribution >= 0.6 is 24.4 Å². The van der Waals surface area contributed by atoms with Gasteiger partial charge in [-0.05, 0) is 30.9 Å². The molecule has 0 aliphatic heterocycles. The predicted octanol–water partition coefficient (Wildman–Crippen LogP) is 0.346. The van der Waals surface area contributed by atoms with E-state index in [1.54, 1.807) is 0 Å². The van der Waals surface area contributed by atoms with E-state index in [9.17, 15) is 0 Å². The Morgan fingerprint density at radius 3 is 1.93 bits per heavy atom. The molecule has 0 saturated heterocycles. The zero-order chi connectivity index (χ0) is 12.0. The van der Waals surface area contributed by atoms with Gasteiger partial charge in [0.05, 0.1) is 6.61 Å². The highest BCUT2D eigenvalue weighted by atomic mass is 32.1. The van der Waals surface area contributed by atoms with Crippen molar-refractivity contribution in [2.75, 3.05) is 6.61 Å². The SMILES string of the molecule is CCCOC(N)=S.N=C=O.NC(O)=S. The molecule has 0 aromatic rings. The summed E-state index contributed by atoms with van der Waals surface area (Å²) in [6, 6.07) is 0. The van der Waals surface area contributed by atoms with Crippen molar-refractivity contribution in [2.24, 2.45) is 11.5 Å². The summed E-state index contributed by atoms with van der Waals surface area (Å²) in [4.78, 5) is 8.35. The molecule has 14 heavy (non-hydrogen) atoms. The molecule has 0 aliphatic carbocycles. The van der Waals surface area contributed by atoms with E-state index >= 15 is 0 Å². The highest BCUT2D eigenvalue weighted by Crippen LogP contribution is 1.77. The lowest BCUT2D eigenvalue weighted by atomic mass is 10.5. The number of nitrogens with two attached hydrogens (primary N) is 2. The molecule has 6 nitrogen and oxygen atoms in total. The summed E-state index contributed by atoms with van der Waals surface area (Å²) in [5.41, 5.74) is 9.39. The fraction of sp³-hybridized carbons (Fsp3) is 0.500. The molecule has 6 N–H and O–H groups in total. The van der Waals surface area contributed by atoms with Crippen LogP contribution in [-0.2, 0) is 9.53 Å². The molecule has 0 rings (SSSR count). The number of ether oxygens (including phenoxy) is 1. The summed E-state index contributed by atoms with van der Waals surface area (Å²) in [6.07, 6.45) is 1.71. The molecule has 0 heterocycles. The normalized spacial score (nSPS) is 6.36. The molecule has 0 aromatic heterocycles. The number of rotatable bonds is 2. The van der Waals surface area contributed by atoms with Crippen molar-refractivity contribution in [1.29, 1.82) is 5.41 Å². The monoisotopic (exact) mass is 239 g/mol. The van der Waals surface area contributed by atoms with Gasteiger partial charge in [0.25, 0.3) is 10.3 Å². The van der Waals surface area contributed by atoms with E-state index in [-0.39, 0.29) is 5.17 Å². The van der Waals surface area contributed by atoms with Crippen LogP contribution in [0.4, 0.5) is 0 Å². The van der Waals surface area contributed by atoms with Crippen LogP contribution in [0.3, 0.4) is 0 Å². The van der Waals surface area contributed by atoms with Crippen LogP contribution < -0.4 is 11.5 Å². The Morgan fingerprint density at radius 2 is 1.86 bits per heavy atom. The number of hydrogen-bond donors (Lipinski definition) is 4. The standard InChI is InChI=1S/C4H9NOS.CH3NOS.CHNO/c1-2-3-6-4(5)7;2-1(3)4;2-1-3/h2-3H2,1H3,(H2,5,7);(H3,2,3,4);2H. The van der Waals surface area contributed by atoms with Gasteiger partial charge in [0.1, 0.15) is 0 Å². The summed E-state index contributed by atoms with van der Waals surface area (Å²) in [5, 5.41) is 12.6. The zero-order valence-corrected chi connectivity index (χ0v) is 9.28. The Balaban J connectivity index is -0.000000147. The van der Waals surface area contributed by atoms with Crippen molar-refractivity contribution in [3.05, 3.63) is 0 Å². The fourth-order valence-corrected chi connectivity index (χ4v) is 0.286. The van der Waals surface area contributed by atoms with E-state index in [2.05, 4.69) is 30.2 Å². The Bertz CT molecular complexity index is 189. The number of aliphatic hydroxyl groups is 1. The molecule has 0 atom stereocenters. The van der Waals surface area contributed by atoms with Crippen molar-refractivity contribution >= 4 is 40.9 Å². The van der Waals surface area contributed by atoms with Crippen LogP contribution in [0.1, 0.15) is 13.3 Å². The molecule has 0 unspecified atom stereocenters. The minimum absolute atomic E-state index is 0.141. The van der Waals surface area contributed by atoms with Crippen molar-refractivity contribution in [1.82, 2.24) is 0 Å². The van der Waals surface area contributed by atoms with E-state index < -0.39 is 5.17 Å². The molecular weight excluding hydrogens is 226 g/mol. The summed E-state index contributed by atoms with van der Waals surface area (Å²) >= 11 is 8.29. The molecule has 0 aromatic carbocycles. The van der Waals surface area contributed by atoms with Crippen molar-refractivity contribution in [2.45, 2.75) is 13.3 Å². The summed E-state index contributed by atoms with van der Waals surface area (Å²) in [5.74, 6) is 0. The summed E-state index contributed by atoms with van der Waals surface area (Å²) in [7, 11) is 0. The summed E-state index contributed by atoms with van der Waals surface area (Å²) in [6.45, 7) is 2.63. The first-order valence-electron chi connectivity index (χ1n) is 3.36. The van der Waals surface area contributed by atoms with E-state index in [0.717, 1.165) is 12.5 Å². The Hall–Kier alpha value is -1.24. The number of thiocarbonyl (C=S) groups is 2. The van der Waals surface area contributed by atoms with Gasteiger partial charge in [-0.3, -0.25) is 0 Å². The first-order chi connectivity index (χ1) is 6.42. The maximum atomic E-state index is 8.35. The number of carbonyl (C=O) groups excluding carboxylic acids is 1. The van der Waals surface area contributed by atoms with Crippen LogP contribution in [-0.4, -0.2) is 28.1 Å². The first kappa shape index (κ1) is 18.5. The fourth-order valence-electron chi connectivity index (χ4n) is 0.203. The minimum atomic E-state index is -0.500. The maximum absolute atomic E-state index is 8.35. The second kappa shape index (κ2) is 17.7. The average molecular weight is 239 g/mol. The Kier molecular flexibility index (Phi) is 23.5. The number of aliphatic hydroxyl groups excluding tert-OH is 1. The first-order valence-corrected chi connectivity index (χ1v) is 4.18. The van der Waals surface area contributed by atoms with Gasteiger partial charge in [-0.1, -0.05) is 6.92 Å². The van der Waals surface area contributed by atoms with E-state index in [0.29, 0.717) is 6.61 Å². The van der Waals surface area contributed by atoms with Crippen LogP contribution in [0.15, 0.2) is 0 Å². The van der Waals surface area contributed by atoms with E-state index in [4.69, 9.17) is 25.8 Å². The summed E-state index contributed by atoms with van der Waals surface area (Å²) < 4.78 is 4.70. The third-order valence-corrected chi connectivity index (χ3v) is 0.566. The van der Waals surface area contributed by atoms with Crippen LogP contribution in [0.2, 0.25) is 0 Å². The van der Waals surface area contributed by atoms with Crippen molar-refractivity contribution in [3.63, 3.8) is 0 Å². The average Bonchev–Trinajstić information content (AvgIpc) is 2.01. The minimum Gasteiger partial charge on any atom is -0.487 e. The third kappa shape index (κ3) is 135. The molecule has 0 saturated carbocycles. The topological polar surface area (TPSA) is 122 Å². The lowest BCUT2D eigenvalue weighted by Crippen LogP contribution is -2.12. The molecule has 0 amide bonds. The Labute approximate surface area is 92.7 Å². The van der Waals surface area contributed by atoms with Gasteiger partial charge in [-0.25, -0.2) is 10.2 Å². The number of nitrogens with one attached hydrogen (secondary N) is 1. The van der Waals surface area contributed by atoms with Gasteiger partial charge in [0, 0.05) is 0 Å². The molecule has 0 radical (unpaired) electrons. The number of hydrogen-bond acceptors (Lipinski definition) is 5. The molecule has 0 fully saturated rings. The largest absolute Gasteiger partial charge is 0.487 e. The number of isocyanates is 1. The van der Waals surface area contributed by atoms with Gasteiger partial charge < -0.3 is 21.3 Å². The molecule has 0 aliphatic rings. The van der Waals surface area contributed by atoms with Gasteiger partial charge in [-0.2, -0.15) is 0 Å². The van der Waals surface area contributed by atoms with Crippen molar-refractivity contribution in [3.8, 4) is 0 Å². The highest BCUT2D eigenvalue weighted by Gasteiger charge is 1.81. The van der Waals surface area contributed by atoms with Crippen LogP contribution in [0, 0.1) is 5.41 Å². The van der Waals surface area contributed by atoms with Crippen molar-refractivity contribution < 1.29 is 14.6 Å². The molecule has 0 spiro atoms. The van der Waals surface area contributed by atoms with Crippen LogP contribution in [0.25, 0.3) is 0 Å². The third-order valence-electron chi connectivity index (χ3n) is 0.448. The quantitative estimate of drug-likeness (QED) is 0.311. The second-order valence-electron chi connectivity index (χ2n) is 1.61. The van der Waals surface area contributed by atoms with Gasteiger partial charge in [0.2, 0.25) is 6.08 Å². The highest BCUT2D eigenvalue weighted by molar-refractivity contribution is 7.80. The molecule has 0 bridgehead atoms. The predicted molar refractivity (Wildman–Crippen MR) is 60.9 cm³/mol. The second-order valence-corrected chi connectivity index (χ2v) is 2.43. The van der Waals surface area contributed by atoms with Gasteiger partial charge in [0.15, 0.2) is 0 Å². The van der Waals surface area contributed by atoms with E-state index in [1.807, 2.05) is 6.92 Å². The maximum Gasteiger partial charge on any atom is 0.253 e. The smallest absolute Gasteiger partial charge is 0.253 e. The Morgan fingerprint density at radius 1 is 1.57 bits per heavy atom. The lowest BCUT2D eigenvalue weighted by Gasteiger charge is -1.96. The van der Waals surface area contributed by atoms with E-state index in [1.165, 1.54) is 0 Å². The lowest BCUT2D eigenvalue weighted by molar-refractivity contribution is 0.308.